The third-order valence-corrected chi connectivity index (χ3v) is 3.66. The number of ether oxygens (including phenoxy) is 1. The number of hydrazine groups is 1. The molecule has 1 atom stereocenters. The Labute approximate surface area is 120 Å². The van der Waals surface area contributed by atoms with Gasteiger partial charge in [0.2, 0.25) is 0 Å². The maximum Gasteiger partial charge on any atom is 0.144 e. The van der Waals surface area contributed by atoms with Crippen molar-refractivity contribution in [2.75, 3.05) is 46.3 Å². The summed E-state index contributed by atoms with van der Waals surface area (Å²) in [5, 5.41) is 0. The minimum Gasteiger partial charge on any atom is -0.378 e. The molecule has 0 amide bonds. The zero-order valence-corrected chi connectivity index (χ0v) is 12.5. The number of likely N-dealkylation sites (N-methyl/N-ethyl adjacent to an activating group) is 2. The van der Waals surface area contributed by atoms with E-state index in [9.17, 15) is 0 Å². The molecular weight excluding hydrogens is 256 g/mol. The maximum atomic E-state index is 5.47. The van der Waals surface area contributed by atoms with Gasteiger partial charge >= 0.3 is 0 Å². The third kappa shape index (κ3) is 3.86. The molecule has 1 saturated heterocycles. The van der Waals surface area contributed by atoms with Crippen LogP contribution in [0.2, 0.25) is 0 Å². The third-order valence-electron chi connectivity index (χ3n) is 3.66. The van der Waals surface area contributed by atoms with Crippen LogP contribution < -0.4 is 11.3 Å². The molecule has 20 heavy (non-hydrogen) atoms. The highest BCUT2D eigenvalue weighted by atomic mass is 16.5. The summed E-state index contributed by atoms with van der Waals surface area (Å²) in [5.74, 6) is 6.90. The summed E-state index contributed by atoms with van der Waals surface area (Å²) >= 11 is 0. The molecule has 1 aromatic heterocycles. The van der Waals surface area contributed by atoms with Gasteiger partial charge in [-0.2, -0.15) is 0 Å². The number of methoxy groups -OCH3 is 1. The predicted molar refractivity (Wildman–Crippen MR) is 78.2 cm³/mol. The second-order valence-corrected chi connectivity index (χ2v) is 5.34. The molecule has 2 heterocycles. The van der Waals surface area contributed by atoms with Crippen molar-refractivity contribution >= 4 is 5.82 Å². The van der Waals surface area contributed by atoms with Gasteiger partial charge in [-0.1, -0.05) is 0 Å². The lowest BCUT2D eigenvalue weighted by atomic mass is 10.1. The number of rotatable bonds is 5. The largest absolute Gasteiger partial charge is 0.378 e. The lowest BCUT2D eigenvalue weighted by molar-refractivity contribution is 0.113. The smallest absolute Gasteiger partial charge is 0.144 e. The van der Waals surface area contributed by atoms with E-state index in [0.717, 1.165) is 37.6 Å². The summed E-state index contributed by atoms with van der Waals surface area (Å²) in [4.78, 5) is 13.7. The molecule has 112 valence electrons. The molecule has 3 N–H and O–H groups in total. The van der Waals surface area contributed by atoms with E-state index in [1.54, 1.807) is 7.11 Å². The standard InChI is InChI=1S/C13H24N6O/c1-18-4-5-19(2)11(8-18)7-12-15-10(9-20-3)6-13(16-12)17-14/h6,11H,4-5,7-9,14H2,1-3H3,(H,15,16,17). The summed E-state index contributed by atoms with van der Waals surface area (Å²) in [6.07, 6.45) is 0.813. The Balaban J connectivity index is 2.12. The van der Waals surface area contributed by atoms with Gasteiger partial charge in [0.05, 0.1) is 12.3 Å². The van der Waals surface area contributed by atoms with Crippen LogP contribution in [0.3, 0.4) is 0 Å². The zero-order chi connectivity index (χ0) is 14.5. The van der Waals surface area contributed by atoms with Crippen molar-refractivity contribution in [2.45, 2.75) is 19.1 Å². The molecule has 2 rings (SSSR count). The number of piperazine rings is 1. The van der Waals surface area contributed by atoms with E-state index in [4.69, 9.17) is 10.6 Å². The second kappa shape index (κ2) is 6.94. The first kappa shape index (κ1) is 15.1. The molecule has 1 aromatic rings. The van der Waals surface area contributed by atoms with Crippen molar-refractivity contribution in [3.8, 4) is 0 Å². The van der Waals surface area contributed by atoms with Crippen LogP contribution in [-0.2, 0) is 17.8 Å². The monoisotopic (exact) mass is 280 g/mol. The fourth-order valence-electron chi connectivity index (χ4n) is 2.47. The number of hydrogen-bond donors (Lipinski definition) is 2. The van der Waals surface area contributed by atoms with Crippen LogP contribution >= 0.6 is 0 Å². The fourth-order valence-corrected chi connectivity index (χ4v) is 2.47. The molecule has 0 aromatic carbocycles. The van der Waals surface area contributed by atoms with Gasteiger partial charge in [-0.05, 0) is 14.1 Å². The Bertz CT molecular complexity index is 441. The highest BCUT2D eigenvalue weighted by molar-refractivity contribution is 5.34. The molecule has 0 spiro atoms. The normalized spacial score (nSPS) is 21.1. The van der Waals surface area contributed by atoms with Crippen LogP contribution in [0.4, 0.5) is 5.82 Å². The van der Waals surface area contributed by atoms with Crippen molar-refractivity contribution in [3.05, 3.63) is 17.6 Å². The van der Waals surface area contributed by atoms with E-state index in [1.165, 1.54) is 0 Å². The van der Waals surface area contributed by atoms with E-state index >= 15 is 0 Å². The van der Waals surface area contributed by atoms with Gasteiger partial charge < -0.3 is 20.0 Å². The van der Waals surface area contributed by atoms with E-state index in [0.29, 0.717) is 18.5 Å². The Morgan fingerprint density at radius 3 is 2.90 bits per heavy atom. The molecule has 1 aliphatic rings. The van der Waals surface area contributed by atoms with Crippen LogP contribution in [-0.4, -0.2) is 66.6 Å². The molecule has 1 unspecified atom stereocenters. The topological polar surface area (TPSA) is 79.5 Å². The molecular formula is C13H24N6O. The summed E-state index contributed by atoms with van der Waals surface area (Å²) in [6.45, 7) is 3.67. The number of nitrogens with two attached hydrogens (primary N) is 1. The first-order chi connectivity index (χ1) is 9.62. The van der Waals surface area contributed by atoms with Crippen molar-refractivity contribution in [2.24, 2.45) is 5.84 Å². The van der Waals surface area contributed by atoms with Crippen LogP contribution in [0.25, 0.3) is 0 Å². The van der Waals surface area contributed by atoms with Gasteiger partial charge in [-0.15, -0.1) is 0 Å². The number of nitrogens with one attached hydrogen (secondary N) is 1. The van der Waals surface area contributed by atoms with Crippen LogP contribution in [0, 0.1) is 0 Å². The molecule has 0 radical (unpaired) electrons. The van der Waals surface area contributed by atoms with Gasteiger partial charge in [0.1, 0.15) is 11.6 Å². The first-order valence-electron chi connectivity index (χ1n) is 6.83. The van der Waals surface area contributed by atoms with Gasteiger partial charge in [0, 0.05) is 45.3 Å². The molecule has 1 fully saturated rings. The van der Waals surface area contributed by atoms with Crippen molar-refractivity contribution in [3.63, 3.8) is 0 Å². The van der Waals surface area contributed by atoms with E-state index in [2.05, 4.69) is 39.3 Å². The Morgan fingerprint density at radius 1 is 1.40 bits per heavy atom. The molecule has 0 bridgehead atoms. The number of anilines is 1. The Kier molecular flexibility index (Phi) is 5.24. The first-order valence-corrected chi connectivity index (χ1v) is 6.83. The van der Waals surface area contributed by atoms with Crippen molar-refractivity contribution < 1.29 is 4.74 Å². The minimum atomic E-state index is 0.428. The minimum absolute atomic E-state index is 0.428. The van der Waals surface area contributed by atoms with Gasteiger partial charge in [-0.25, -0.2) is 15.8 Å². The predicted octanol–water partition coefficient (Wildman–Crippen LogP) is -0.303. The summed E-state index contributed by atoms with van der Waals surface area (Å²) in [6, 6.07) is 2.24. The van der Waals surface area contributed by atoms with Crippen molar-refractivity contribution in [1.82, 2.24) is 19.8 Å². The average molecular weight is 280 g/mol. The van der Waals surface area contributed by atoms with Gasteiger partial charge in [0.15, 0.2) is 0 Å². The number of hydrogen-bond acceptors (Lipinski definition) is 7. The van der Waals surface area contributed by atoms with Gasteiger partial charge in [-0.3, -0.25) is 0 Å². The summed E-state index contributed by atoms with van der Waals surface area (Å²) in [7, 11) is 5.95. The molecule has 7 heteroatoms. The number of nitrogen functional groups attached to an aromatic ring is 1. The SMILES string of the molecule is COCc1cc(NN)nc(CC2CN(C)CCN2C)n1. The summed E-state index contributed by atoms with van der Waals surface area (Å²) in [5.41, 5.74) is 3.44. The molecule has 0 aliphatic carbocycles. The molecule has 0 saturated carbocycles. The van der Waals surface area contributed by atoms with Crippen molar-refractivity contribution in [1.29, 1.82) is 0 Å². The molecule has 1 aliphatic heterocycles. The lowest BCUT2D eigenvalue weighted by Crippen LogP contribution is -2.51. The number of nitrogens with zero attached hydrogens (tertiary/aromatic N) is 4. The van der Waals surface area contributed by atoms with Crippen LogP contribution in [0.1, 0.15) is 11.5 Å². The fraction of sp³-hybridized carbons (Fsp3) is 0.692. The second-order valence-electron chi connectivity index (χ2n) is 5.34. The Morgan fingerprint density at radius 2 is 2.20 bits per heavy atom. The quantitative estimate of drug-likeness (QED) is 0.566. The average Bonchev–Trinajstić information content (AvgIpc) is 2.43. The Hall–Kier alpha value is -1.28. The highest BCUT2D eigenvalue weighted by Gasteiger charge is 2.23. The summed E-state index contributed by atoms with van der Waals surface area (Å²) < 4.78 is 5.13. The van der Waals surface area contributed by atoms with E-state index < -0.39 is 0 Å². The zero-order valence-electron chi connectivity index (χ0n) is 12.5. The van der Waals surface area contributed by atoms with E-state index in [1.807, 2.05) is 6.07 Å². The lowest BCUT2D eigenvalue weighted by Gasteiger charge is -2.37. The van der Waals surface area contributed by atoms with E-state index in [-0.39, 0.29) is 0 Å². The number of aromatic nitrogens is 2. The molecule has 7 nitrogen and oxygen atoms in total. The maximum absolute atomic E-state index is 5.47. The van der Waals surface area contributed by atoms with Gasteiger partial charge in [0.25, 0.3) is 0 Å². The van der Waals surface area contributed by atoms with Crippen LogP contribution in [0.5, 0.6) is 0 Å². The van der Waals surface area contributed by atoms with Crippen LogP contribution in [0.15, 0.2) is 6.07 Å². The highest BCUT2D eigenvalue weighted by Crippen LogP contribution is 2.13.